The number of nitrogens with zero attached hydrogens (tertiary/aromatic N) is 1. The third-order valence-electron chi connectivity index (χ3n) is 2.96. The average molecular weight is 390 g/mol. The van der Waals surface area contributed by atoms with Gasteiger partial charge in [0.25, 0.3) is 0 Å². The van der Waals surface area contributed by atoms with Crippen molar-refractivity contribution < 1.29 is 4.74 Å². The highest BCUT2D eigenvalue weighted by atomic mass is 79.9. The Bertz CT molecular complexity index is 637. The molecule has 0 amide bonds. The number of hydrogen-bond acceptors (Lipinski definition) is 3. The summed E-state index contributed by atoms with van der Waals surface area (Å²) in [7, 11) is 0. The van der Waals surface area contributed by atoms with Gasteiger partial charge >= 0.3 is 0 Å². The van der Waals surface area contributed by atoms with Gasteiger partial charge in [-0.05, 0) is 41.5 Å². The van der Waals surface area contributed by atoms with E-state index in [9.17, 15) is 0 Å². The smallest absolute Gasteiger partial charge is 0.224 e. The Morgan fingerprint density at radius 2 is 2.10 bits per heavy atom. The maximum absolute atomic E-state index is 6.19. The van der Waals surface area contributed by atoms with Gasteiger partial charge in [-0.3, -0.25) is 0 Å². The van der Waals surface area contributed by atoms with Crippen LogP contribution in [0.15, 0.2) is 34.9 Å². The zero-order valence-electron chi connectivity index (χ0n) is 11.7. The topological polar surface area (TPSA) is 34.2 Å². The summed E-state index contributed by atoms with van der Waals surface area (Å²) < 4.78 is 6.58. The van der Waals surface area contributed by atoms with Gasteiger partial charge in [-0.25, -0.2) is 4.98 Å². The molecule has 2 rings (SSSR count). The van der Waals surface area contributed by atoms with E-state index in [-0.39, 0.29) is 6.04 Å². The molecule has 0 saturated heterocycles. The summed E-state index contributed by atoms with van der Waals surface area (Å²) >= 11 is 15.6. The van der Waals surface area contributed by atoms with Crippen LogP contribution in [0.2, 0.25) is 10.0 Å². The van der Waals surface area contributed by atoms with Crippen LogP contribution in [-0.2, 0) is 0 Å². The predicted molar refractivity (Wildman–Crippen MR) is 90.6 cm³/mol. The molecule has 6 heteroatoms. The fraction of sp³-hybridized carbons (Fsp3) is 0.267. The molecule has 0 fully saturated rings. The second kappa shape index (κ2) is 7.45. The van der Waals surface area contributed by atoms with Crippen LogP contribution in [0.5, 0.6) is 11.6 Å². The standard InChI is InChI=1S/C15H15BrCl2N2O/c1-3-19-9(2)10-5-4-6-20-15(10)21-14-8-12(17)11(16)7-13(14)18/h4-9,19H,3H2,1-2H3. The summed E-state index contributed by atoms with van der Waals surface area (Å²) in [4.78, 5) is 4.29. The van der Waals surface area contributed by atoms with Crippen LogP contribution in [0, 0.1) is 0 Å². The van der Waals surface area contributed by atoms with Crippen molar-refractivity contribution in [1.82, 2.24) is 10.3 Å². The molecule has 0 bridgehead atoms. The lowest BCUT2D eigenvalue weighted by molar-refractivity contribution is 0.444. The monoisotopic (exact) mass is 388 g/mol. The zero-order valence-corrected chi connectivity index (χ0v) is 14.8. The lowest BCUT2D eigenvalue weighted by atomic mass is 10.1. The van der Waals surface area contributed by atoms with E-state index in [1.54, 1.807) is 18.3 Å². The van der Waals surface area contributed by atoms with Gasteiger partial charge in [0.1, 0.15) is 5.75 Å². The largest absolute Gasteiger partial charge is 0.437 e. The summed E-state index contributed by atoms with van der Waals surface area (Å²) in [5, 5.41) is 4.34. The first-order valence-electron chi connectivity index (χ1n) is 6.53. The van der Waals surface area contributed by atoms with Gasteiger partial charge in [0.2, 0.25) is 5.88 Å². The molecule has 0 radical (unpaired) electrons. The van der Waals surface area contributed by atoms with Crippen LogP contribution in [0.1, 0.15) is 25.5 Å². The van der Waals surface area contributed by atoms with Crippen molar-refractivity contribution in [1.29, 1.82) is 0 Å². The Balaban J connectivity index is 2.34. The van der Waals surface area contributed by atoms with Gasteiger partial charge in [0, 0.05) is 28.3 Å². The predicted octanol–water partition coefficient (Wildman–Crippen LogP) is 5.61. The van der Waals surface area contributed by atoms with Gasteiger partial charge in [-0.1, -0.05) is 36.2 Å². The Morgan fingerprint density at radius 1 is 1.33 bits per heavy atom. The summed E-state index contributed by atoms with van der Waals surface area (Å²) in [5.41, 5.74) is 0.967. The van der Waals surface area contributed by atoms with Crippen molar-refractivity contribution in [3.8, 4) is 11.6 Å². The minimum Gasteiger partial charge on any atom is -0.437 e. The number of nitrogens with one attached hydrogen (secondary N) is 1. The van der Waals surface area contributed by atoms with Crippen LogP contribution in [0.4, 0.5) is 0 Å². The quantitative estimate of drug-likeness (QED) is 0.674. The molecule has 21 heavy (non-hydrogen) atoms. The molecular weight excluding hydrogens is 375 g/mol. The van der Waals surface area contributed by atoms with Gasteiger partial charge < -0.3 is 10.1 Å². The summed E-state index contributed by atoms with van der Waals surface area (Å²) in [6.45, 7) is 4.97. The van der Waals surface area contributed by atoms with Crippen LogP contribution < -0.4 is 10.1 Å². The lowest BCUT2D eigenvalue weighted by Crippen LogP contribution is -2.18. The Labute approximate surface area is 142 Å². The van der Waals surface area contributed by atoms with Crippen molar-refractivity contribution >= 4 is 39.1 Å². The maximum Gasteiger partial charge on any atom is 0.224 e. The molecule has 3 nitrogen and oxygen atoms in total. The molecule has 1 N–H and O–H groups in total. The number of pyridine rings is 1. The van der Waals surface area contributed by atoms with Crippen molar-refractivity contribution in [2.45, 2.75) is 19.9 Å². The van der Waals surface area contributed by atoms with E-state index in [0.717, 1.165) is 16.6 Å². The first-order chi connectivity index (χ1) is 10.0. The Kier molecular flexibility index (Phi) is 5.88. The van der Waals surface area contributed by atoms with Crippen LogP contribution >= 0.6 is 39.1 Å². The minimum atomic E-state index is 0.128. The van der Waals surface area contributed by atoms with Crippen molar-refractivity contribution in [2.24, 2.45) is 0 Å². The van der Waals surface area contributed by atoms with Crippen LogP contribution in [-0.4, -0.2) is 11.5 Å². The van der Waals surface area contributed by atoms with Crippen molar-refractivity contribution in [2.75, 3.05) is 6.54 Å². The number of ether oxygens (including phenoxy) is 1. The highest BCUT2D eigenvalue weighted by molar-refractivity contribution is 9.10. The summed E-state index contributed by atoms with van der Waals surface area (Å²) in [5.74, 6) is 1.000. The van der Waals surface area contributed by atoms with Crippen LogP contribution in [0.25, 0.3) is 0 Å². The molecule has 0 spiro atoms. The fourth-order valence-electron chi connectivity index (χ4n) is 1.92. The van der Waals surface area contributed by atoms with E-state index in [0.29, 0.717) is 21.7 Å². The molecule has 1 atom stereocenters. The van der Waals surface area contributed by atoms with E-state index in [4.69, 9.17) is 27.9 Å². The lowest BCUT2D eigenvalue weighted by Gasteiger charge is -2.17. The number of halogens is 3. The molecular formula is C15H15BrCl2N2O. The molecule has 2 aromatic rings. The Morgan fingerprint density at radius 3 is 2.81 bits per heavy atom. The molecule has 1 heterocycles. The molecule has 1 unspecified atom stereocenters. The van der Waals surface area contributed by atoms with Gasteiger partial charge in [0.05, 0.1) is 10.0 Å². The summed E-state index contributed by atoms with van der Waals surface area (Å²) in [6, 6.07) is 7.36. The molecule has 0 aliphatic heterocycles. The maximum atomic E-state index is 6.19. The molecule has 1 aromatic carbocycles. The highest BCUT2D eigenvalue weighted by Gasteiger charge is 2.15. The van der Waals surface area contributed by atoms with E-state index in [1.165, 1.54) is 0 Å². The first-order valence-corrected chi connectivity index (χ1v) is 8.08. The fourth-order valence-corrected chi connectivity index (χ4v) is 2.75. The van der Waals surface area contributed by atoms with Crippen molar-refractivity contribution in [3.63, 3.8) is 0 Å². The van der Waals surface area contributed by atoms with E-state index in [1.807, 2.05) is 12.1 Å². The SMILES string of the molecule is CCNC(C)c1cccnc1Oc1cc(Cl)c(Br)cc1Cl. The number of benzene rings is 1. The molecule has 0 saturated carbocycles. The normalized spacial score (nSPS) is 12.2. The average Bonchev–Trinajstić information content (AvgIpc) is 2.45. The van der Waals surface area contributed by atoms with E-state index in [2.05, 4.69) is 40.1 Å². The van der Waals surface area contributed by atoms with Gasteiger partial charge in [-0.2, -0.15) is 0 Å². The first kappa shape index (κ1) is 16.6. The molecule has 112 valence electrons. The minimum absolute atomic E-state index is 0.128. The van der Waals surface area contributed by atoms with Crippen LogP contribution in [0.3, 0.4) is 0 Å². The van der Waals surface area contributed by atoms with E-state index >= 15 is 0 Å². The van der Waals surface area contributed by atoms with Gasteiger partial charge in [-0.15, -0.1) is 0 Å². The third kappa shape index (κ3) is 4.10. The van der Waals surface area contributed by atoms with Crippen molar-refractivity contribution in [3.05, 3.63) is 50.5 Å². The number of aromatic nitrogens is 1. The number of rotatable bonds is 5. The second-order valence-corrected chi connectivity index (χ2v) is 6.14. The zero-order chi connectivity index (χ0) is 15.4. The molecule has 0 aliphatic carbocycles. The Hall–Kier alpha value is -0.810. The highest BCUT2D eigenvalue weighted by Crippen LogP contribution is 2.37. The summed E-state index contributed by atoms with van der Waals surface area (Å²) in [6.07, 6.45) is 1.69. The molecule has 0 aliphatic rings. The third-order valence-corrected chi connectivity index (χ3v) is 4.45. The molecule has 1 aromatic heterocycles. The van der Waals surface area contributed by atoms with Gasteiger partial charge in [0.15, 0.2) is 0 Å². The number of hydrogen-bond donors (Lipinski definition) is 1. The van der Waals surface area contributed by atoms with E-state index < -0.39 is 0 Å². The second-order valence-electron chi connectivity index (χ2n) is 4.48.